The number of halogens is 2. The number of anilines is 2. The van der Waals surface area contributed by atoms with Gasteiger partial charge in [0.05, 0.1) is 18.0 Å². The summed E-state index contributed by atoms with van der Waals surface area (Å²) < 4.78 is 7.81. The van der Waals surface area contributed by atoms with Gasteiger partial charge < -0.3 is 15.8 Å². The summed E-state index contributed by atoms with van der Waals surface area (Å²) in [6.07, 6.45) is 0.973. The van der Waals surface area contributed by atoms with E-state index in [4.69, 9.17) is 10.5 Å². The summed E-state index contributed by atoms with van der Waals surface area (Å²) in [5.74, 6) is 1.01. The molecule has 0 radical (unpaired) electrons. The zero-order valence-corrected chi connectivity index (χ0v) is 13.9. The Bertz CT molecular complexity index is 659. The van der Waals surface area contributed by atoms with Crippen molar-refractivity contribution in [2.75, 3.05) is 17.7 Å². The molecular weight excluding hydrogens is 384 g/mol. The van der Waals surface area contributed by atoms with Crippen LogP contribution in [0.4, 0.5) is 11.4 Å². The number of fused-ring (bicyclic) bond motifs is 1. The third kappa shape index (κ3) is 2.79. The van der Waals surface area contributed by atoms with Gasteiger partial charge in [-0.3, -0.25) is 0 Å². The van der Waals surface area contributed by atoms with E-state index in [1.165, 1.54) is 5.56 Å². The minimum absolute atomic E-state index is 0.683. The quantitative estimate of drug-likeness (QED) is 0.757. The van der Waals surface area contributed by atoms with E-state index >= 15 is 0 Å². The first-order chi connectivity index (χ1) is 9.63. The Hall–Kier alpha value is -1.20. The standard InChI is InChI=1S/C15H14Br2N2O/c16-11-1-2-13(18)14(7-11)19-8-10-6-12(17)5-9-3-4-20-15(9)10/h1-2,5-7,19H,3-4,8,18H2. The molecule has 2 aromatic carbocycles. The van der Waals surface area contributed by atoms with Crippen LogP contribution in [0.25, 0.3) is 0 Å². The lowest BCUT2D eigenvalue weighted by atomic mass is 10.1. The number of ether oxygens (including phenoxy) is 1. The molecule has 0 saturated heterocycles. The number of benzene rings is 2. The van der Waals surface area contributed by atoms with E-state index in [2.05, 4.69) is 49.3 Å². The van der Waals surface area contributed by atoms with Gasteiger partial charge in [0.25, 0.3) is 0 Å². The smallest absolute Gasteiger partial charge is 0.127 e. The van der Waals surface area contributed by atoms with Crippen molar-refractivity contribution in [2.45, 2.75) is 13.0 Å². The molecule has 1 aliphatic rings. The monoisotopic (exact) mass is 396 g/mol. The topological polar surface area (TPSA) is 47.3 Å². The fourth-order valence-corrected chi connectivity index (χ4v) is 3.26. The Balaban J connectivity index is 1.84. The molecule has 0 fully saturated rings. The first-order valence-corrected chi connectivity index (χ1v) is 7.95. The zero-order chi connectivity index (χ0) is 14.1. The van der Waals surface area contributed by atoms with Gasteiger partial charge in [-0.15, -0.1) is 0 Å². The molecule has 0 saturated carbocycles. The Labute approximate surface area is 134 Å². The SMILES string of the molecule is Nc1ccc(Br)cc1NCc1cc(Br)cc2c1OCC2. The first kappa shape index (κ1) is 13.8. The molecule has 5 heteroatoms. The van der Waals surface area contributed by atoms with Gasteiger partial charge >= 0.3 is 0 Å². The van der Waals surface area contributed by atoms with Crippen LogP contribution in [-0.4, -0.2) is 6.61 Å². The van der Waals surface area contributed by atoms with E-state index < -0.39 is 0 Å². The van der Waals surface area contributed by atoms with Crippen LogP contribution in [0.2, 0.25) is 0 Å². The van der Waals surface area contributed by atoms with Crippen molar-refractivity contribution in [3.63, 3.8) is 0 Å². The molecule has 0 unspecified atom stereocenters. The summed E-state index contributed by atoms with van der Waals surface area (Å²) in [4.78, 5) is 0. The lowest BCUT2D eigenvalue weighted by Gasteiger charge is -2.13. The lowest BCUT2D eigenvalue weighted by molar-refractivity contribution is 0.354. The van der Waals surface area contributed by atoms with Crippen molar-refractivity contribution in [1.82, 2.24) is 0 Å². The molecular formula is C15H14Br2N2O. The van der Waals surface area contributed by atoms with Crippen molar-refractivity contribution < 1.29 is 4.74 Å². The zero-order valence-electron chi connectivity index (χ0n) is 10.7. The van der Waals surface area contributed by atoms with Gasteiger partial charge in [0.15, 0.2) is 0 Å². The molecule has 0 atom stereocenters. The van der Waals surface area contributed by atoms with Gasteiger partial charge in [-0.25, -0.2) is 0 Å². The summed E-state index contributed by atoms with van der Waals surface area (Å²) in [5, 5.41) is 3.37. The van der Waals surface area contributed by atoms with E-state index in [0.29, 0.717) is 6.54 Å². The summed E-state index contributed by atoms with van der Waals surface area (Å²) >= 11 is 7.01. The Morgan fingerprint density at radius 2 is 2.00 bits per heavy atom. The normalized spacial score (nSPS) is 12.9. The molecule has 2 aromatic rings. The number of nitrogens with one attached hydrogen (secondary N) is 1. The Kier molecular flexibility index (Phi) is 3.89. The molecule has 0 aromatic heterocycles. The van der Waals surface area contributed by atoms with Crippen molar-refractivity contribution in [1.29, 1.82) is 0 Å². The molecule has 3 nitrogen and oxygen atoms in total. The molecule has 0 spiro atoms. The maximum absolute atomic E-state index is 5.97. The third-order valence-corrected chi connectivity index (χ3v) is 4.26. The molecule has 0 bridgehead atoms. The van der Waals surface area contributed by atoms with Crippen molar-refractivity contribution in [2.24, 2.45) is 0 Å². The van der Waals surface area contributed by atoms with Gasteiger partial charge in [0, 0.05) is 27.5 Å². The van der Waals surface area contributed by atoms with Crippen molar-refractivity contribution in [3.8, 4) is 5.75 Å². The van der Waals surface area contributed by atoms with Crippen LogP contribution >= 0.6 is 31.9 Å². The number of rotatable bonds is 3. The second-order valence-corrected chi connectivity index (χ2v) is 6.57. The molecule has 1 heterocycles. The maximum Gasteiger partial charge on any atom is 0.127 e. The van der Waals surface area contributed by atoms with E-state index in [1.54, 1.807) is 0 Å². The Morgan fingerprint density at radius 1 is 1.15 bits per heavy atom. The number of hydrogen-bond donors (Lipinski definition) is 2. The summed E-state index contributed by atoms with van der Waals surface area (Å²) in [7, 11) is 0. The van der Waals surface area contributed by atoms with E-state index in [9.17, 15) is 0 Å². The second kappa shape index (κ2) is 5.66. The fourth-order valence-electron chi connectivity index (χ4n) is 2.35. The van der Waals surface area contributed by atoms with Gasteiger partial charge in [0.1, 0.15) is 5.75 Å². The van der Waals surface area contributed by atoms with Crippen LogP contribution in [-0.2, 0) is 13.0 Å². The van der Waals surface area contributed by atoms with E-state index in [0.717, 1.165) is 44.7 Å². The van der Waals surface area contributed by atoms with Crippen LogP contribution in [0.1, 0.15) is 11.1 Å². The minimum atomic E-state index is 0.683. The molecule has 1 aliphatic heterocycles. The molecule has 20 heavy (non-hydrogen) atoms. The Morgan fingerprint density at radius 3 is 2.85 bits per heavy atom. The number of nitrogens with two attached hydrogens (primary N) is 1. The molecule has 104 valence electrons. The van der Waals surface area contributed by atoms with E-state index in [1.807, 2.05) is 18.2 Å². The van der Waals surface area contributed by atoms with Gasteiger partial charge in [-0.05, 0) is 35.9 Å². The predicted octanol–water partition coefficient (Wildman–Crippen LogP) is 4.34. The van der Waals surface area contributed by atoms with Crippen LogP contribution < -0.4 is 15.8 Å². The average Bonchev–Trinajstić information content (AvgIpc) is 2.87. The van der Waals surface area contributed by atoms with Crippen LogP contribution in [0.3, 0.4) is 0 Å². The predicted molar refractivity (Wildman–Crippen MR) is 89.2 cm³/mol. The van der Waals surface area contributed by atoms with Crippen LogP contribution in [0, 0.1) is 0 Å². The maximum atomic E-state index is 5.97. The minimum Gasteiger partial charge on any atom is -0.493 e. The van der Waals surface area contributed by atoms with Gasteiger partial charge in [-0.1, -0.05) is 31.9 Å². The highest BCUT2D eigenvalue weighted by Crippen LogP contribution is 2.34. The summed E-state index contributed by atoms with van der Waals surface area (Å²) in [6.45, 7) is 1.44. The molecule has 3 rings (SSSR count). The molecule has 0 aliphatic carbocycles. The largest absolute Gasteiger partial charge is 0.493 e. The first-order valence-electron chi connectivity index (χ1n) is 6.36. The number of nitrogen functional groups attached to an aromatic ring is 1. The third-order valence-electron chi connectivity index (χ3n) is 3.31. The highest BCUT2D eigenvalue weighted by molar-refractivity contribution is 9.10. The van der Waals surface area contributed by atoms with Crippen molar-refractivity contribution in [3.05, 3.63) is 50.4 Å². The second-order valence-electron chi connectivity index (χ2n) is 4.74. The number of hydrogen-bond acceptors (Lipinski definition) is 3. The highest BCUT2D eigenvalue weighted by atomic mass is 79.9. The van der Waals surface area contributed by atoms with Crippen LogP contribution in [0.5, 0.6) is 5.75 Å². The molecule has 0 amide bonds. The average molecular weight is 398 g/mol. The lowest BCUT2D eigenvalue weighted by Crippen LogP contribution is -2.04. The fraction of sp³-hybridized carbons (Fsp3) is 0.200. The summed E-state index contributed by atoms with van der Waals surface area (Å²) in [6, 6.07) is 10.0. The summed E-state index contributed by atoms with van der Waals surface area (Å²) in [5.41, 5.74) is 10.0. The van der Waals surface area contributed by atoms with Crippen LogP contribution in [0.15, 0.2) is 39.3 Å². The molecule has 3 N–H and O–H groups in total. The van der Waals surface area contributed by atoms with E-state index in [-0.39, 0.29) is 0 Å². The van der Waals surface area contributed by atoms with Crippen molar-refractivity contribution >= 4 is 43.2 Å². The van der Waals surface area contributed by atoms with Gasteiger partial charge in [0.2, 0.25) is 0 Å². The highest BCUT2D eigenvalue weighted by Gasteiger charge is 2.17. The van der Waals surface area contributed by atoms with Gasteiger partial charge in [-0.2, -0.15) is 0 Å².